The minimum absolute atomic E-state index is 0.179. The predicted octanol–water partition coefficient (Wildman–Crippen LogP) is 3.40. The molecule has 0 saturated heterocycles. The summed E-state index contributed by atoms with van der Waals surface area (Å²) in [5, 5.41) is 9.45. The van der Waals surface area contributed by atoms with Crippen LogP contribution in [-0.4, -0.2) is 48.1 Å². The fourth-order valence-corrected chi connectivity index (χ4v) is 3.42. The van der Waals surface area contributed by atoms with Crippen LogP contribution in [0.4, 0.5) is 21.5 Å². The zero-order valence-electron chi connectivity index (χ0n) is 19.5. The highest BCUT2D eigenvalue weighted by atomic mass is 32.1. The molecule has 2 aromatic rings. The van der Waals surface area contributed by atoms with Gasteiger partial charge in [-0.1, -0.05) is 11.3 Å². The maximum absolute atomic E-state index is 12.7. The molecule has 0 bridgehead atoms. The molecule has 2 rings (SSSR count). The van der Waals surface area contributed by atoms with Crippen molar-refractivity contribution in [1.29, 1.82) is 0 Å². The van der Waals surface area contributed by atoms with Crippen LogP contribution in [-0.2, 0) is 19.1 Å². The number of amides is 2. The molecular formula is C22H31N5O5S. The van der Waals surface area contributed by atoms with E-state index in [1.54, 1.807) is 25.1 Å². The molecule has 10 nitrogen and oxygen atoms in total. The largest absolute Gasteiger partial charge is 0.460 e. The maximum Gasteiger partial charge on any atom is 0.308 e. The van der Waals surface area contributed by atoms with Crippen molar-refractivity contribution in [2.24, 2.45) is 0 Å². The third kappa shape index (κ3) is 9.07. The highest BCUT2D eigenvalue weighted by Crippen LogP contribution is 2.27. The van der Waals surface area contributed by atoms with Crippen molar-refractivity contribution in [1.82, 2.24) is 4.98 Å². The number of hydrogen-bond acceptors (Lipinski definition) is 9. The van der Waals surface area contributed by atoms with Gasteiger partial charge in [0.15, 0.2) is 5.13 Å². The van der Waals surface area contributed by atoms with Gasteiger partial charge in [0.25, 0.3) is 5.91 Å². The molecule has 0 atom stereocenters. The van der Waals surface area contributed by atoms with Crippen molar-refractivity contribution in [3.63, 3.8) is 0 Å². The summed E-state index contributed by atoms with van der Waals surface area (Å²) in [6, 6.07) is 5.00. The number of ether oxygens (including phenoxy) is 2. The second kappa shape index (κ2) is 11.6. The van der Waals surface area contributed by atoms with Crippen LogP contribution >= 0.6 is 11.3 Å². The first kappa shape index (κ1) is 26.1. The fourth-order valence-electron chi connectivity index (χ4n) is 2.69. The van der Waals surface area contributed by atoms with Crippen LogP contribution in [0.25, 0.3) is 0 Å². The number of carbonyl (C=O) groups excluding carboxylic acids is 3. The number of nitrogens with two attached hydrogens (primary N) is 1. The molecule has 180 valence electrons. The maximum atomic E-state index is 12.7. The van der Waals surface area contributed by atoms with E-state index in [-0.39, 0.29) is 30.5 Å². The number of nitrogen functional groups attached to an aromatic ring is 1. The number of benzene rings is 1. The molecule has 1 aromatic heterocycles. The predicted molar refractivity (Wildman–Crippen MR) is 130 cm³/mol. The Hall–Kier alpha value is -3.18. The van der Waals surface area contributed by atoms with E-state index in [4.69, 9.17) is 15.2 Å². The highest BCUT2D eigenvalue weighted by molar-refractivity contribution is 7.19. The van der Waals surface area contributed by atoms with Crippen LogP contribution in [0.3, 0.4) is 0 Å². The van der Waals surface area contributed by atoms with E-state index < -0.39 is 11.5 Å². The summed E-state index contributed by atoms with van der Waals surface area (Å²) in [7, 11) is 0. The summed E-state index contributed by atoms with van der Waals surface area (Å²) in [5.74, 6) is -1.02. The van der Waals surface area contributed by atoms with Gasteiger partial charge >= 0.3 is 5.97 Å². The first-order valence-corrected chi connectivity index (χ1v) is 11.3. The van der Waals surface area contributed by atoms with Gasteiger partial charge in [0.2, 0.25) is 5.91 Å². The van der Waals surface area contributed by atoms with Crippen LogP contribution in [0.15, 0.2) is 18.2 Å². The minimum Gasteiger partial charge on any atom is -0.460 e. The number of nitrogens with one attached hydrogen (secondary N) is 3. The summed E-state index contributed by atoms with van der Waals surface area (Å²) < 4.78 is 10.7. The monoisotopic (exact) mass is 477 g/mol. The zero-order valence-corrected chi connectivity index (χ0v) is 20.4. The standard InChI is InChI=1S/C22H31N5O5S/c1-13-19(23)33-21(25-13)27-20(30)16-7-6-15(12-17(16)26-14(2)28)24-9-11-31-10-8-18(29)32-22(3,4)5/h6-7,12,24H,8-11,23H2,1-5H3,(H,26,28)(H,25,27,30). The van der Waals surface area contributed by atoms with E-state index in [2.05, 4.69) is 20.9 Å². The third-order valence-corrected chi connectivity index (χ3v) is 4.98. The highest BCUT2D eigenvalue weighted by Gasteiger charge is 2.17. The first-order valence-electron chi connectivity index (χ1n) is 10.4. The number of anilines is 4. The van der Waals surface area contributed by atoms with Crippen molar-refractivity contribution in [2.75, 3.05) is 41.4 Å². The van der Waals surface area contributed by atoms with Crippen molar-refractivity contribution in [2.45, 2.75) is 46.6 Å². The lowest BCUT2D eigenvalue weighted by Gasteiger charge is -2.19. The van der Waals surface area contributed by atoms with Gasteiger partial charge in [-0.25, -0.2) is 4.98 Å². The number of esters is 1. The average molecular weight is 478 g/mol. The molecule has 11 heteroatoms. The number of aromatic nitrogens is 1. The lowest BCUT2D eigenvalue weighted by atomic mass is 10.1. The van der Waals surface area contributed by atoms with Gasteiger partial charge in [0.1, 0.15) is 10.6 Å². The molecule has 2 amide bonds. The van der Waals surface area contributed by atoms with Gasteiger partial charge < -0.3 is 25.8 Å². The van der Waals surface area contributed by atoms with Crippen LogP contribution in [0.1, 0.15) is 50.2 Å². The van der Waals surface area contributed by atoms with E-state index in [9.17, 15) is 14.4 Å². The summed E-state index contributed by atoms with van der Waals surface area (Å²) in [4.78, 5) is 40.2. The molecule has 0 aliphatic carbocycles. The van der Waals surface area contributed by atoms with E-state index in [1.165, 1.54) is 18.3 Å². The molecule has 0 saturated carbocycles. The number of carbonyl (C=O) groups is 3. The Balaban J connectivity index is 1.90. The normalized spacial score (nSPS) is 11.1. The van der Waals surface area contributed by atoms with Gasteiger partial charge in [0, 0.05) is 19.2 Å². The molecule has 0 aliphatic rings. The molecule has 0 unspecified atom stereocenters. The smallest absolute Gasteiger partial charge is 0.308 e. The quantitative estimate of drug-likeness (QED) is 0.301. The summed E-state index contributed by atoms with van der Waals surface area (Å²) in [6.45, 7) is 9.66. The molecule has 0 radical (unpaired) electrons. The van der Waals surface area contributed by atoms with E-state index in [1.807, 2.05) is 20.8 Å². The second-order valence-corrected chi connectivity index (χ2v) is 9.27. The van der Waals surface area contributed by atoms with Gasteiger partial charge in [-0.2, -0.15) is 0 Å². The Bertz CT molecular complexity index is 980. The van der Waals surface area contributed by atoms with E-state index in [0.717, 1.165) is 0 Å². The molecule has 0 fully saturated rings. The van der Waals surface area contributed by atoms with Crippen LogP contribution in [0.5, 0.6) is 0 Å². The molecule has 0 aliphatic heterocycles. The lowest BCUT2D eigenvalue weighted by Crippen LogP contribution is -2.24. The Morgan fingerprint density at radius 2 is 1.88 bits per heavy atom. The molecule has 1 heterocycles. The van der Waals surface area contributed by atoms with Gasteiger partial charge in [-0.3, -0.25) is 19.7 Å². The zero-order chi connectivity index (χ0) is 24.6. The lowest BCUT2D eigenvalue weighted by molar-refractivity contribution is -0.156. The van der Waals surface area contributed by atoms with Gasteiger partial charge in [-0.15, -0.1) is 0 Å². The Morgan fingerprint density at radius 1 is 1.15 bits per heavy atom. The van der Waals surface area contributed by atoms with Crippen molar-refractivity contribution in [3.8, 4) is 0 Å². The molecule has 5 N–H and O–H groups in total. The Kier molecular flexibility index (Phi) is 9.18. The van der Waals surface area contributed by atoms with Crippen molar-refractivity contribution < 1.29 is 23.9 Å². The summed E-state index contributed by atoms with van der Waals surface area (Å²) in [6.07, 6.45) is 0.179. The molecule has 1 aromatic carbocycles. The summed E-state index contributed by atoms with van der Waals surface area (Å²) >= 11 is 1.17. The van der Waals surface area contributed by atoms with Gasteiger partial charge in [0.05, 0.1) is 36.6 Å². The van der Waals surface area contributed by atoms with Crippen LogP contribution in [0, 0.1) is 6.92 Å². The average Bonchev–Trinajstić information content (AvgIpc) is 2.99. The minimum atomic E-state index is -0.514. The topological polar surface area (TPSA) is 145 Å². The number of hydrogen-bond donors (Lipinski definition) is 4. The Morgan fingerprint density at radius 3 is 2.48 bits per heavy atom. The fraction of sp³-hybridized carbons (Fsp3) is 0.455. The van der Waals surface area contributed by atoms with Crippen LogP contribution in [0.2, 0.25) is 0 Å². The van der Waals surface area contributed by atoms with Crippen molar-refractivity contribution in [3.05, 3.63) is 29.5 Å². The van der Waals surface area contributed by atoms with Crippen LogP contribution < -0.4 is 21.7 Å². The molecule has 0 spiro atoms. The molecule has 33 heavy (non-hydrogen) atoms. The van der Waals surface area contributed by atoms with Gasteiger partial charge in [-0.05, 0) is 45.9 Å². The number of nitrogens with zero attached hydrogens (tertiary/aromatic N) is 1. The second-order valence-electron chi connectivity index (χ2n) is 8.24. The first-order chi connectivity index (χ1) is 15.4. The number of aryl methyl sites for hydroxylation is 1. The van der Waals surface area contributed by atoms with E-state index >= 15 is 0 Å². The third-order valence-electron chi connectivity index (χ3n) is 4.07. The SMILES string of the molecule is CC(=O)Nc1cc(NCCOCCC(=O)OC(C)(C)C)ccc1C(=O)Nc1nc(C)c(N)s1. The van der Waals surface area contributed by atoms with Crippen molar-refractivity contribution >= 4 is 50.6 Å². The number of thiazole rings is 1. The van der Waals surface area contributed by atoms with E-state index in [0.29, 0.717) is 40.4 Å². The molecular weight excluding hydrogens is 446 g/mol. The number of rotatable bonds is 10. The summed E-state index contributed by atoms with van der Waals surface area (Å²) in [5.41, 5.74) is 7.26. The Labute approximate surface area is 197 Å².